The molecule has 0 amide bonds. The average Bonchev–Trinajstić information content (AvgIpc) is 2.70. The number of benzene rings is 1. The van der Waals surface area contributed by atoms with Gasteiger partial charge in [0.2, 0.25) is 0 Å². The van der Waals surface area contributed by atoms with E-state index in [2.05, 4.69) is 35.4 Å². The number of hydrogen-bond acceptors (Lipinski definition) is 2. The first kappa shape index (κ1) is 13.8. The highest BCUT2D eigenvalue weighted by Gasteiger charge is 2.09. The summed E-state index contributed by atoms with van der Waals surface area (Å²) in [6, 6.07) is 10.6. The highest BCUT2D eigenvalue weighted by Crippen LogP contribution is 2.14. The van der Waals surface area contributed by atoms with Crippen LogP contribution < -0.4 is 0 Å². The molecule has 0 aliphatic heterocycles. The Kier molecular flexibility index (Phi) is 4.74. The minimum Gasteiger partial charge on any atom is -0.392 e. The Morgan fingerprint density at radius 3 is 2.47 bits per heavy atom. The molecule has 3 nitrogen and oxygen atoms in total. The first-order chi connectivity index (χ1) is 9.22. The fourth-order valence-corrected chi connectivity index (χ4v) is 2.42. The lowest BCUT2D eigenvalue weighted by molar-refractivity contribution is 0.280. The van der Waals surface area contributed by atoms with Gasteiger partial charge in [0.05, 0.1) is 12.3 Å². The Labute approximate surface area is 114 Å². The van der Waals surface area contributed by atoms with Crippen LogP contribution in [0, 0.1) is 13.8 Å². The van der Waals surface area contributed by atoms with Gasteiger partial charge in [0.15, 0.2) is 0 Å². The van der Waals surface area contributed by atoms with Crippen molar-refractivity contribution in [3.05, 3.63) is 52.8 Å². The largest absolute Gasteiger partial charge is 0.392 e. The van der Waals surface area contributed by atoms with Gasteiger partial charge in [-0.25, -0.2) is 0 Å². The molecule has 19 heavy (non-hydrogen) atoms. The molecular weight excluding hydrogens is 236 g/mol. The van der Waals surface area contributed by atoms with Gasteiger partial charge in [-0.1, -0.05) is 30.3 Å². The fraction of sp³-hybridized carbons (Fsp3) is 0.438. The molecule has 0 unspecified atom stereocenters. The summed E-state index contributed by atoms with van der Waals surface area (Å²) in [5.74, 6) is 0. The number of unbranched alkanes of at least 4 members (excludes halogenated alkanes) is 1. The maximum atomic E-state index is 9.28. The third kappa shape index (κ3) is 3.44. The minimum absolute atomic E-state index is 0.0850. The Bertz CT molecular complexity index is 517. The molecule has 0 fully saturated rings. The number of aliphatic hydroxyl groups excluding tert-OH is 1. The molecule has 1 aromatic carbocycles. The van der Waals surface area contributed by atoms with E-state index in [0.717, 1.165) is 42.8 Å². The molecular formula is C16H22N2O. The van der Waals surface area contributed by atoms with Crippen molar-refractivity contribution in [3.63, 3.8) is 0 Å². The van der Waals surface area contributed by atoms with Crippen LogP contribution in [0.5, 0.6) is 0 Å². The second-order valence-corrected chi connectivity index (χ2v) is 4.97. The van der Waals surface area contributed by atoms with Crippen molar-refractivity contribution in [1.29, 1.82) is 0 Å². The van der Waals surface area contributed by atoms with Gasteiger partial charge in [0.25, 0.3) is 0 Å². The van der Waals surface area contributed by atoms with E-state index >= 15 is 0 Å². The summed E-state index contributed by atoms with van der Waals surface area (Å²) in [6.07, 6.45) is 3.39. The summed E-state index contributed by atoms with van der Waals surface area (Å²) in [4.78, 5) is 0. The third-order valence-electron chi connectivity index (χ3n) is 3.62. The standard InChI is InChI=1S/C16H22N2O/c1-13-16(12-19)14(2)18(17-13)11-7-6-10-15-8-4-3-5-9-15/h3-5,8-9,19H,6-7,10-12H2,1-2H3. The molecule has 0 saturated heterocycles. The zero-order valence-electron chi connectivity index (χ0n) is 11.8. The lowest BCUT2D eigenvalue weighted by Crippen LogP contribution is -2.03. The highest BCUT2D eigenvalue weighted by atomic mass is 16.3. The van der Waals surface area contributed by atoms with Gasteiger partial charge < -0.3 is 5.11 Å². The smallest absolute Gasteiger partial charge is 0.0718 e. The van der Waals surface area contributed by atoms with E-state index in [1.807, 2.05) is 18.5 Å². The Hall–Kier alpha value is -1.61. The second-order valence-electron chi connectivity index (χ2n) is 4.97. The van der Waals surface area contributed by atoms with Crippen LogP contribution in [0.25, 0.3) is 0 Å². The first-order valence-corrected chi connectivity index (χ1v) is 6.90. The van der Waals surface area contributed by atoms with Crippen LogP contribution in [0.2, 0.25) is 0 Å². The summed E-state index contributed by atoms with van der Waals surface area (Å²) >= 11 is 0. The van der Waals surface area contributed by atoms with Gasteiger partial charge in [-0.05, 0) is 38.7 Å². The molecule has 0 aliphatic rings. The van der Waals surface area contributed by atoms with Crippen molar-refractivity contribution in [2.75, 3.05) is 0 Å². The first-order valence-electron chi connectivity index (χ1n) is 6.90. The van der Waals surface area contributed by atoms with Gasteiger partial charge in [0.1, 0.15) is 0 Å². The molecule has 0 saturated carbocycles. The molecule has 2 rings (SSSR count). The van der Waals surface area contributed by atoms with Crippen molar-refractivity contribution >= 4 is 0 Å². The van der Waals surface area contributed by atoms with Crippen LogP contribution in [0.4, 0.5) is 0 Å². The quantitative estimate of drug-likeness (QED) is 0.809. The maximum Gasteiger partial charge on any atom is 0.0718 e. The third-order valence-corrected chi connectivity index (χ3v) is 3.62. The van der Waals surface area contributed by atoms with E-state index in [9.17, 15) is 5.11 Å². The molecule has 1 aromatic heterocycles. The second kappa shape index (κ2) is 6.53. The van der Waals surface area contributed by atoms with Crippen LogP contribution in [-0.4, -0.2) is 14.9 Å². The Morgan fingerprint density at radius 1 is 1.11 bits per heavy atom. The fourth-order valence-electron chi connectivity index (χ4n) is 2.42. The van der Waals surface area contributed by atoms with Gasteiger partial charge in [0, 0.05) is 17.8 Å². The molecule has 3 heteroatoms. The van der Waals surface area contributed by atoms with Crippen molar-refractivity contribution < 1.29 is 5.11 Å². The average molecular weight is 258 g/mol. The van der Waals surface area contributed by atoms with E-state index in [1.165, 1.54) is 5.56 Å². The molecule has 0 aliphatic carbocycles. The van der Waals surface area contributed by atoms with Gasteiger partial charge >= 0.3 is 0 Å². The summed E-state index contributed by atoms with van der Waals surface area (Å²) < 4.78 is 2.02. The lowest BCUT2D eigenvalue weighted by atomic mass is 10.1. The zero-order valence-corrected chi connectivity index (χ0v) is 11.8. The molecule has 102 valence electrons. The Balaban J connectivity index is 1.83. The molecule has 1 heterocycles. The van der Waals surface area contributed by atoms with Crippen molar-refractivity contribution in [3.8, 4) is 0 Å². The highest BCUT2D eigenvalue weighted by molar-refractivity contribution is 5.23. The number of aryl methyl sites for hydroxylation is 3. The van der Waals surface area contributed by atoms with Gasteiger partial charge in [-0.3, -0.25) is 4.68 Å². The molecule has 0 radical (unpaired) electrons. The number of aromatic nitrogens is 2. The summed E-state index contributed by atoms with van der Waals surface area (Å²) in [5.41, 5.74) is 4.41. The summed E-state index contributed by atoms with van der Waals surface area (Å²) in [6.45, 7) is 5.00. The van der Waals surface area contributed by atoms with Crippen LogP contribution >= 0.6 is 0 Å². The van der Waals surface area contributed by atoms with E-state index < -0.39 is 0 Å². The predicted octanol–water partition coefficient (Wildman–Crippen LogP) is 3.02. The summed E-state index contributed by atoms with van der Waals surface area (Å²) in [7, 11) is 0. The number of aliphatic hydroxyl groups is 1. The number of nitrogens with zero attached hydrogens (tertiary/aromatic N) is 2. The monoisotopic (exact) mass is 258 g/mol. The van der Waals surface area contributed by atoms with Crippen LogP contribution in [-0.2, 0) is 19.6 Å². The van der Waals surface area contributed by atoms with Crippen molar-refractivity contribution in [1.82, 2.24) is 9.78 Å². The lowest BCUT2D eigenvalue weighted by Gasteiger charge is -2.05. The molecule has 0 atom stereocenters. The Morgan fingerprint density at radius 2 is 1.84 bits per heavy atom. The molecule has 0 spiro atoms. The number of hydrogen-bond donors (Lipinski definition) is 1. The van der Waals surface area contributed by atoms with Crippen LogP contribution in [0.1, 0.15) is 35.4 Å². The minimum atomic E-state index is 0.0850. The normalized spacial score (nSPS) is 10.9. The van der Waals surface area contributed by atoms with E-state index in [0.29, 0.717) is 0 Å². The van der Waals surface area contributed by atoms with Crippen LogP contribution in [0.15, 0.2) is 30.3 Å². The van der Waals surface area contributed by atoms with E-state index in [-0.39, 0.29) is 6.61 Å². The predicted molar refractivity (Wildman–Crippen MR) is 77.0 cm³/mol. The van der Waals surface area contributed by atoms with Gasteiger partial charge in [-0.2, -0.15) is 5.10 Å². The number of rotatable bonds is 6. The molecule has 0 bridgehead atoms. The molecule has 2 aromatic rings. The maximum absolute atomic E-state index is 9.28. The summed E-state index contributed by atoms with van der Waals surface area (Å²) in [5, 5.41) is 13.8. The molecule has 1 N–H and O–H groups in total. The topological polar surface area (TPSA) is 38.0 Å². The van der Waals surface area contributed by atoms with E-state index in [1.54, 1.807) is 0 Å². The zero-order chi connectivity index (χ0) is 13.7. The van der Waals surface area contributed by atoms with Gasteiger partial charge in [-0.15, -0.1) is 0 Å². The van der Waals surface area contributed by atoms with Crippen molar-refractivity contribution in [2.45, 2.75) is 46.3 Å². The van der Waals surface area contributed by atoms with E-state index in [4.69, 9.17) is 0 Å². The SMILES string of the molecule is Cc1nn(CCCCc2ccccc2)c(C)c1CO. The van der Waals surface area contributed by atoms with Crippen LogP contribution in [0.3, 0.4) is 0 Å². The van der Waals surface area contributed by atoms with Crippen molar-refractivity contribution in [2.24, 2.45) is 0 Å².